The number of rotatable bonds is 6. The van der Waals surface area contributed by atoms with Crippen LogP contribution in [0.3, 0.4) is 0 Å². The molecule has 1 amide bonds. The Morgan fingerprint density at radius 3 is 2.46 bits per heavy atom. The molecule has 3 aromatic carbocycles. The predicted molar refractivity (Wildman–Crippen MR) is 146 cm³/mol. The molecule has 7 heteroatoms. The molecule has 6 nitrogen and oxygen atoms in total. The number of carbonyl (C=O) groups excluding carboxylic acids is 2. The highest BCUT2D eigenvalue weighted by molar-refractivity contribution is 7.19. The van der Waals surface area contributed by atoms with E-state index in [0.717, 1.165) is 40.3 Å². The van der Waals surface area contributed by atoms with Crippen molar-refractivity contribution < 1.29 is 14.3 Å². The van der Waals surface area contributed by atoms with Gasteiger partial charge in [0.15, 0.2) is 5.69 Å². The van der Waals surface area contributed by atoms with E-state index in [1.165, 1.54) is 22.8 Å². The van der Waals surface area contributed by atoms with Crippen molar-refractivity contribution >= 4 is 44.5 Å². The van der Waals surface area contributed by atoms with Crippen LogP contribution in [0.4, 0.5) is 5.69 Å². The molecule has 0 atom stereocenters. The van der Waals surface area contributed by atoms with Gasteiger partial charge in [-0.2, -0.15) is 0 Å². The van der Waals surface area contributed by atoms with Gasteiger partial charge in [0.05, 0.1) is 7.11 Å². The largest absolute Gasteiger partial charge is 0.464 e. The lowest BCUT2D eigenvalue weighted by molar-refractivity contribution is 0.0589. The topological polar surface area (TPSA) is 76.9 Å². The molecule has 6 rings (SSSR count). The van der Waals surface area contributed by atoms with E-state index in [1.807, 2.05) is 36.4 Å². The Bertz CT molecular complexity index is 1730. The summed E-state index contributed by atoms with van der Waals surface area (Å²) in [5, 5.41) is 5.14. The number of amides is 1. The summed E-state index contributed by atoms with van der Waals surface area (Å²) in [7, 11) is 1.26. The van der Waals surface area contributed by atoms with Crippen molar-refractivity contribution in [2.75, 3.05) is 12.4 Å². The number of carbonyl (C=O) groups is 2. The average molecular weight is 509 g/mol. The number of anilines is 1. The molecule has 2 heterocycles. The molecule has 1 N–H and O–H groups in total. The molecule has 184 valence electrons. The first-order valence-corrected chi connectivity index (χ1v) is 13.0. The summed E-state index contributed by atoms with van der Waals surface area (Å²) in [5.41, 5.74) is 3.35. The molecule has 2 aromatic heterocycles. The summed E-state index contributed by atoms with van der Waals surface area (Å²) >= 11 is 1.18. The highest BCUT2D eigenvalue weighted by atomic mass is 32.1. The number of thiazole rings is 1. The number of aromatic nitrogens is 1. The van der Waals surface area contributed by atoms with Crippen LogP contribution in [0.1, 0.15) is 55.6 Å². The van der Waals surface area contributed by atoms with Gasteiger partial charge in [0.2, 0.25) is 0 Å². The van der Waals surface area contributed by atoms with E-state index in [2.05, 4.69) is 29.6 Å². The molecule has 37 heavy (non-hydrogen) atoms. The zero-order chi connectivity index (χ0) is 25.5. The van der Waals surface area contributed by atoms with Crippen LogP contribution in [0.15, 0.2) is 83.7 Å². The number of nitrogens with one attached hydrogen (secondary N) is 1. The van der Waals surface area contributed by atoms with Gasteiger partial charge in [-0.25, -0.2) is 4.79 Å². The Morgan fingerprint density at radius 1 is 0.973 bits per heavy atom. The fourth-order valence-corrected chi connectivity index (χ4v) is 6.25. The van der Waals surface area contributed by atoms with Gasteiger partial charge in [-0.3, -0.25) is 14.0 Å². The summed E-state index contributed by atoms with van der Waals surface area (Å²) < 4.78 is 6.39. The van der Waals surface area contributed by atoms with Crippen molar-refractivity contribution in [2.24, 2.45) is 0 Å². The van der Waals surface area contributed by atoms with Crippen LogP contribution < -0.4 is 10.9 Å². The van der Waals surface area contributed by atoms with E-state index in [4.69, 9.17) is 4.74 Å². The first-order chi connectivity index (χ1) is 18.0. The smallest absolute Gasteiger partial charge is 0.356 e. The third-order valence-electron chi connectivity index (χ3n) is 6.80. The van der Waals surface area contributed by atoms with Crippen molar-refractivity contribution in [3.63, 3.8) is 0 Å². The van der Waals surface area contributed by atoms with E-state index in [1.54, 1.807) is 18.2 Å². The van der Waals surface area contributed by atoms with Crippen molar-refractivity contribution in [1.29, 1.82) is 0 Å². The SMILES string of the molecule is COC(=O)c1c(C(=O)Nc2ccccc2)sc2c(C3CC3)c(Cc3cccc4ccccc34)cc(=O)n12. The Hall–Kier alpha value is -4.23. The molecule has 0 radical (unpaired) electrons. The number of hydrogen-bond acceptors (Lipinski definition) is 5. The quantitative estimate of drug-likeness (QED) is 0.285. The van der Waals surface area contributed by atoms with Crippen molar-refractivity contribution in [1.82, 2.24) is 4.40 Å². The molecule has 1 aliphatic carbocycles. The summed E-state index contributed by atoms with van der Waals surface area (Å²) in [6.45, 7) is 0. The predicted octanol–water partition coefficient (Wildman–Crippen LogP) is 6.02. The third-order valence-corrected chi connectivity index (χ3v) is 7.98. The molecular weight excluding hydrogens is 484 g/mol. The number of pyridine rings is 1. The fraction of sp³-hybridized carbons (Fsp3) is 0.167. The lowest BCUT2D eigenvalue weighted by atomic mass is 9.95. The first kappa shape index (κ1) is 23.2. The van der Waals surface area contributed by atoms with E-state index in [9.17, 15) is 14.4 Å². The van der Waals surface area contributed by atoms with Crippen LogP contribution >= 0.6 is 11.3 Å². The van der Waals surface area contributed by atoms with E-state index < -0.39 is 11.9 Å². The highest BCUT2D eigenvalue weighted by Crippen LogP contribution is 2.46. The number of fused-ring (bicyclic) bond motifs is 2. The maximum absolute atomic E-state index is 13.5. The van der Waals surface area contributed by atoms with E-state index >= 15 is 0 Å². The summed E-state index contributed by atoms with van der Waals surface area (Å²) in [4.78, 5) is 40.5. The number of nitrogens with zero attached hydrogens (tertiary/aromatic N) is 1. The van der Waals surface area contributed by atoms with Gasteiger partial charge in [-0.05, 0) is 64.8 Å². The minimum atomic E-state index is -0.713. The van der Waals surface area contributed by atoms with E-state index in [-0.39, 0.29) is 22.0 Å². The van der Waals surface area contributed by atoms with Crippen LogP contribution in [-0.2, 0) is 11.2 Å². The minimum Gasteiger partial charge on any atom is -0.464 e. The van der Waals surface area contributed by atoms with Crippen LogP contribution in [0.25, 0.3) is 15.6 Å². The minimum absolute atomic E-state index is 0.0282. The van der Waals surface area contributed by atoms with Crippen molar-refractivity contribution in [3.8, 4) is 0 Å². The molecule has 0 unspecified atom stereocenters. The summed E-state index contributed by atoms with van der Waals surface area (Å²) in [6, 6.07) is 25.1. The Labute approximate surface area is 217 Å². The average Bonchev–Trinajstić information content (AvgIpc) is 3.67. The Balaban J connectivity index is 1.53. The Morgan fingerprint density at radius 2 is 1.70 bits per heavy atom. The maximum Gasteiger partial charge on any atom is 0.356 e. The zero-order valence-electron chi connectivity index (χ0n) is 20.2. The second kappa shape index (κ2) is 9.33. The number of hydrogen-bond donors (Lipinski definition) is 1. The van der Waals surface area contributed by atoms with Crippen LogP contribution in [-0.4, -0.2) is 23.4 Å². The maximum atomic E-state index is 13.5. The number of para-hydroxylation sites is 1. The lowest BCUT2D eigenvalue weighted by Gasteiger charge is -2.13. The molecule has 1 fully saturated rings. The number of ether oxygens (including phenoxy) is 1. The fourth-order valence-electron chi connectivity index (χ4n) is 4.96. The third kappa shape index (κ3) is 4.21. The van der Waals surface area contributed by atoms with Gasteiger partial charge in [0.1, 0.15) is 9.71 Å². The van der Waals surface area contributed by atoms with Crippen LogP contribution in [0.2, 0.25) is 0 Å². The van der Waals surface area contributed by atoms with Gasteiger partial charge in [0, 0.05) is 11.8 Å². The second-order valence-electron chi connectivity index (χ2n) is 9.24. The molecule has 0 bridgehead atoms. The Kier molecular flexibility index (Phi) is 5.85. The van der Waals surface area contributed by atoms with Gasteiger partial charge >= 0.3 is 5.97 Å². The van der Waals surface area contributed by atoms with Gasteiger partial charge in [-0.1, -0.05) is 60.7 Å². The zero-order valence-corrected chi connectivity index (χ0v) is 21.0. The van der Waals surface area contributed by atoms with Crippen molar-refractivity contribution in [2.45, 2.75) is 25.2 Å². The van der Waals surface area contributed by atoms with Gasteiger partial charge < -0.3 is 10.1 Å². The normalized spacial score (nSPS) is 13.1. The standard InChI is InChI=1S/C30H24N2O4S/c1-36-30(35)26-27(28(34)31-22-11-3-2-4-12-22)37-29-25(19-14-15-19)21(17-24(33)32(26)29)16-20-10-7-9-18-8-5-6-13-23(18)20/h2-13,17,19H,14-16H2,1H3,(H,31,34). The molecule has 1 saturated carbocycles. The summed E-state index contributed by atoms with van der Waals surface area (Å²) in [6.07, 6.45) is 2.61. The molecule has 5 aromatic rings. The summed E-state index contributed by atoms with van der Waals surface area (Å²) in [5.74, 6) is -0.873. The number of benzene rings is 3. The number of methoxy groups -OCH3 is 1. The van der Waals surface area contributed by atoms with Gasteiger partial charge in [-0.15, -0.1) is 11.3 Å². The number of esters is 1. The van der Waals surface area contributed by atoms with Crippen molar-refractivity contribution in [3.05, 3.63) is 116 Å². The monoisotopic (exact) mass is 508 g/mol. The van der Waals surface area contributed by atoms with Gasteiger partial charge in [0.25, 0.3) is 11.5 Å². The molecule has 1 aliphatic rings. The molecule has 0 aliphatic heterocycles. The molecule has 0 saturated heterocycles. The highest BCUT2D eigenvalue weighted by Gasteiger charge is 2.34. The van der Waals surface area contributed by atoms with Crippen LogP contribution in [0.5, 0.6) is 0 Å². The molecular formula is C30H24N2O4S. The first-order valence-electron chi connectivity index (χ1n) is 12.2. The van der Waals surface area contributed by atoms with Crippen LogP contribution in [0, 0.1) is 0 Å². The molecule has 0 spiro atoms. The lowest BCUT2D eigenvalue weighted by Crippen LogP contribution is -2.22. The van der Waals surface area contributed by atoms with E-state index in [0.29, 0.717) is 16.9 Å². The second-order valence-corrected chi connectivity index (χ2v) is 10.2.